The van der Waals surface area contributed by atoms with Gasteiger partial charge in [0.2, 0.25) is 0 Å². The molecule has 0 amide bonds. The van der Waals surface area contributed by atoms with E-state index in [1.54, 1.807) is 6.07 Å². The molecule has 0 aliphatic rings. The molecule has 0 fully saturated rings. The van der Waals surface area contributed by atoms with Crippen LogP contribution < -0.4 is 0 Å². The van der Waals surface area contributed by atoms with Gasteiger partial charge in [0.1, 0.15) is 0 Å². The molecule has 0 atom stereocenters. The average molecular weight is 362 g/mol. The van der Waals surface area contributed by atoms with E-state index < -0.39 is 0 Å². The smallest absolute Gasteiger partial charge is 0.0439 e. The second-order valence-electron chi connectivity index (χ2n) is 5.33. The number of halogens is 4. The monoisotopic (exact) mass is 360 g/mol. The van der Waals surface area contributed by atoms with Crippen LogP contribution in [0.1, 0.15) is 16.7 Å². The van der Waals surface area contributed by atoms with Gasteiger partial charge in [0.15, 0.2) is 0 Å². The minimum absolute atomic E-state index is 0.358. The first-order valence-corrected chi connectivity index (χ1v) is 8.46. The third-order valence-corrected chi connectivity index (χ3v) is 5.31. The van der Waals surface area contributed by atoms with E-state index in [4.69, 9.17) is 46.4 Å². The van der Waals surface area contributed by atoms with Gasteiger partial charge >= 0.3 is 0 Å². The zero-order valence-corrected chi connectivity index (χ0v) is 14.7. The minimum Gasteiger partial charge on any atom is -0.126 e. The third-order valence-electron chi connectivity index (χ3n) is 3.68. The maximum atomic E-state index is 6.29. The summed E-state index contributed by atoms with van der Waals surface area (Å²) in [5, 5.41) is 1.35. The molecule has 0 nitrogen and oxygen atoms in total. The van der Waals surface area contributed by atoms with Crippen molar-refractivity contribution >= 4 is 46.4 Å². The molecular weight excluding hydrogens is 346 g/mol. The van der Waals surface area contributed by atoms with Crippen molar-refractivity contribution in [1.82, 2.24) is 0 Å². The van der Waals surface area contributed by atoms with E-state index in [-0.39, 0.29) is 5.41 Å². The standard InChI is InChI=1S/C17H16Cl4/c1-12-3-2-4-14(7-12)17(10-18,11-19)9-13-8-15(20)5-6-16(13)21/h2-8H,9-11H2,1H3. The van der Waals surface area contributed by atoms with Gasteiger partial charge in [0.25, 0.3) is 0 Å². The Balaban J connectivity index is 2.45. The van der Waals surface area contributed by atoms with E-state index in [2.05, 4.69) is 25.1 Å². The SMILES string of the molecule is Cc1cccc(C(CCl)(CCl)Cc2cc(Cl)ccc2Cl)c1. The summed E-state index contributed by atoms with van der Waals surface area (Å²) in [6, 6.07) is 13.7. The van der Waals surface area contributed by atoms with Crippen molar-refractivity contribution in [2.75, 3.05) is 11.8 Å². The molecule has 2 rings (SSSR count). The van der Waals surface area contributed by atoms with Gasteiger partial charge in [-0.05, 0) is 42.7 Å². The van der Waals surface area contributed by atoms with Gasteiger partial charge in [-0.15, -0.1) is 23.2 Å². The fourth-order valence-electron chi connectivity index (χ4n) is 2.40. The average Bonchev–Trinajstić information content (AvgIpc) is 2.48. The Kier molecular flexibility index (Phi) is 5.85. The normalized spacial score (nSPS) is 11.7. The Labute approximate surface area is 146 Å². The fraction of sp³-hybridized carbons (Fsp3) is 0.294. The molecule has 4 heteroatoms. The molecular formula is C17H16Cl4. The molecule has 0 aliphatic heterocycles. The van der Waals surface area contributed by atoms with Gasteiger partial charge in [0.05, 0.1) is 0 Å². The third kappa shape index (κ3) is 3.87. The van der Waals surface area contributed by atoms with Gasteiger partial charge < -0.3 is 0 Å². The number of hydrogen-bond acceptors (Lipinski definition) is 0. The number of hydrogen-bond donors (Lipinski definition) is 0. The number of aryl methyl sites for hydroxylation is 1. The highest BCUT2D eigenvalue weighted by Gasteiger charge is 2.32. The Bertz CT molecular complexity index is 618. The first-order valence-electron chi connectivity index (χ1n) is 6.64. The van der Waals surface area contributed by atoms with Crippen LogP contribution >= 0.6 is 46.4 Å². The van der Waals surface area contributed by atoms with Gasteiger partial charge in [-0.2, -0.15) is 0 Å². The lowest BCUT2D eigenvalue weighted by atomic mass is 9.78. The van der Waals surface area contributed by atoms with Crippen LogP contribution in [0.25, 0.3) is 0 Å². The lowest BCUT2D eigenvalue weighted by Crippen LogP contribution is -2.33. The molecule has 0 unspecified atom stereocenters. The highest BCUT2D eigenvalue weighted by atomic mass is 35.5. The quantitative estimate of drug-likeness (QED) is 0.551. The maximum absolute atomic E-state index is 6.29. The lowest BCUT2D eigenvalue weighted by molar-refractivity contribution is 0.536. The van der Waals surface area contributed by atoms with Crippen LogP contribution in [0.4, 0.5) is 0 Å². The zero-order chi connectivity index (χ0) is 15.5. The summed E-state index contributed by atoms with van der Waals surface area (Å²) in [4.78, 5) is 0. The van der Waals surface area contributed by atoms with Crippen LogP contribution in [0.3, 0.4) is 0 Å². The van der Waals surface area contributed by atoms with Crippen molar-refractivity contribution < 1.29 is 0 Å². The number of alkyl halides is 2. The summed E-state index contributed by atoms with van der Waals surface area (Å²) in [7, 11) is 0. The second kappa shape index (κ2) is 7.24. The Morgan fingerprint density at radius 2 is 1.67 bits per heavy atom. The summed E-state index contributed by atoms with van der Waals surface area (Å²) in [5.41, 5.74) is 2.92. The van der Waals surface area contributed by atoms with Gasteiger partial charge in [-0.25, -0.2) is 0 Å². The molecule has 0 N–H and O–H groups in total. The van der Waals surface area contributed by atoms with E-state index in [1.165, 1.54) is 5.56 Å². The van der Waals surface area contributed by atoms with Crippen molar-refractivity contribution in [2.45, 2.75) is 18.8 Å². The van der Waals surface area contributed by atoms with E-state index in [0.29, 0.717) is 28.2 Å². The summed E-state index contributed by atoms with van der Waals surface area (Å²) in [5.74, 6) is 0.839. The Hall–Kier alpha value is -0.400. The minimum atomic E-state index is -0.358. The van der Waals surface area contributed by atoms with Crippen LogP contribution in [-0.2, 0) is 11.8 Å². The van der Waals surface area contributed by atoms with E-state index in [0.717, 1.165) is 11.1 Å². The number of benzene rings is 2. The summed E-state index contributed by atoms with van der Waals surface area (Å²) in [6.07, 6.45) is 0.656. The van der Waals surface area contributed by atoms with E-state index >= 15 is 0 Å². The lowest BCUT2D eigenvalue weighted by Gasteiger charge is -2.31. The molecule has 0 spiro atoms. The summed E-state index contributed by atoms with van der Waals surface area (Å²) >= 11 is 25.0. The Morgan fingerprint density at radius 1 is 0.952 bits per heavy atom. The molecule has 0 aromatic heterocycles. The zero-order valence-electron chi connectivity index (χ0n) is 11.7. The molecule has 0 saturated carbocycles. The van der Waals surface area contributed by atoms with Crippen LogP contribution in [0.5, 0.6) is 0 Å². The van der Waals surface area contributed by atoms with Gasteiger partial charge in [-0.1, -0.05) is 53.0 Å². The highest BCUT2D eigenvalue weighted by molar-refractivity contribution is 6.33. The first-order chi connectivity index (χ1) is 10.0. The molecule has 0 heterocycles. The first kappa shape index (κ1) is 17.0. The summed E-state index contributed by atoms with van der Waals surface area (Å²) < 4.78 is 0. The molecule has 0 radical (unpaired) electrons. The number of rotatable bonds is 5. The molecule has 21 heavy (non-hydrogen) atoms. The largest absolute Gasteiger partial charge is 0.126 e. The van der Waals surface area contributed by atoms with Crippen LogP contribution in [0.15, 0.2) is 42.5 Å². The summed E-state index contributed by atoms with van der Waals surface area (Å²) in [6.45, 7) is 2.06. The predicted molar refractivity (Wildman–Crippen MR) is 94.5 cm³/mol. The molecule has 112 valence electrons. The van der Waals surface area contributed by atoms with Crippen molar-refractivity contribution in [3.63, 3.8) is 0 Å². The predicted octanol–water partition coefficient (Wildman–Crippen LogP) is 6.26. The maximum Gasteiger partial charge on any atom is 0.0439 e. The van der Waals surface area contributed by atoms with Crippen molar-refractivity contribution in [2.24, 2.45) is 0 Å². The molecule has 0 saturated heterocycles. The molecule has 0 bridgehead atoms. The molecule has 0 aliphatic carbocycles. The van der Waals surface area contributed by atoms with E-state index in [9.17, 15) is 0 Å². The van der Waals surface area contributed by atoms with Crippen molar-refractivity contribution in [3.05, 3.63) is 69.2 Å². The van der Waals surface area contributed by atoms with Crippen molar-refractivity contribution in [3.8, 4) is 0 Å². The topological polar surface area (TPSA) is 0 Å². The Morgan fingerprint density at radius 3 is 2.29 bits per heavy atom. The van der Waals surface area contributed by atoms with Gasteiger partial charge in [0, 0.05) is 27.2 Å². The van der Waals surface area contributed by atoms with Crippen molar-refractivity contribution in [1.29, 1.82) is 0 Å². The fourth-order valence-corrected chi connectivity index (χ4v) is 3.57. The second-order valence-corrected chi connectivity index (χ2v) is 6.71. The highest BCUT2D eigenvalue weighted by Crippen LogP contribution is 2.35. The molecule has 2 aromatic carbocycles. The van der Waals surface area contributed by atoms with Crippen LogP contribution in [0.2, 0.25) is 10.0 Å². The van der Waals surface area contributed by atoms with Gasteiger partial charge in [-0.3, -0.25) is 0 Å². The van der Waals surface area contributed by atoms with Crippen LogP contribution in [-0.4, -0.2) is 11.8 Å². The van der Waals surface area contributed by atoms with Crippen LogP contribution in [0, 0.1) is 6.92 Å². The van der Waals surface area contributed by atoms with E-state index in [1.807, 2.05) is 18.2 Å². The molecule has 2 aromatic rings.